The third kappa shape index (κ3) is 4.17. The minimum Gasteiger partial charge on any atom is -0.355 e. The number of thiophene rings is 1. The van der Waals surface area contributed by atoms with E-state index in [1.54, 1.807) is 11.3 Å². The van der Waals surface area contributed by atoms with Crippen LogP contribution >= 0.6 is 22.9 Å². The number of carbonyl (C=O) groups excluding carboxylic acids is 1. The van der Waals surface area contributed by atoms with Gasteiger partial charge in [0.05, 0.1) is 6.42 Å². The number of nitrogens with one attached hydrogen (secondary N) is 1. The Hall–Kier alpha value is -1.32. The predicted molar refractivity (Wildman–Crippen MR) is 76.2 cm³/mol. The van der Waals surface area contributed by atoms with E-state index < -0.39 is 0 Å². The van der Waals surface area contributed by atoms with Gasteiger partial charge >= 0.3 is 0 Å². The molecule has 0 aliphatic rings. The van der Waals surface area contributed by atoms with Crippen molar-refractivity contribution >= 4 is 28.8 Å². The molecule has 0 bridgehead atoms. The van der Waals surface area contributed by atoms with Crippen LogP contribution in [0.5, 0.6) is 0 Å². The summed E-state index contributed by atoms with van der Waals surface area (Å²) in [5.74, 6) is 0.0716. The van der Waals surface area contributed by atoms with Gasteiger partial charge in [-0.2, -0.15) is 11.3 Å². The Kier molecular flexibility index (Phi) is 4.79. The van der Waals surface area contributed by atoms with Crippen molar-refractivity contribution in [2.45, 2.75) is 12.8 Å². The lowest BCUT2D eigenvalue weighted by molar-refractivity contribution is -0.120. The molecule has 4 heteroatoms. The van der Waals surface area contributed by atoms with Crippen molar-refractivity contribution < 1.29 is 4.79 Å². The molecule has 1 aromatic carbocycles. The highest BCUT2D eigenvalue weighted by Crippen LogP contribution is 2.09. The van der Waals surface area contributed by atoms with Crippen molar-refractivity contribution in [1.82, 2.24) is 5.32 Å². The van der Waals surface area contributed by atoms with Crippen LogP contribution in [-0.2, 0) is 17.6 Å². The van der Waals surface area contributed by atoms with Crippen LogP contribution in [0.15, 0.2) is 41.1 Å². The molecule has 0 fully saturated rings. The third-order valence-corrected chi connectivity index (χ3v) is 3.58. The Morgan fingerprint density at radius 2 is 1.94 bits per heavy atom. The van der Waals surface area contributed by atoms with E-state index in [0.717, 1.165) is 17.0 Å². The topological polar surface area (TPSA) is 29.1 Å². The fraction of sp³-hybridized carbons (Fsp3) is 0.214. The Bertz CT molecular complexity index is 493. The Balaban J connectivity index is 1.72. The Morgan fingerprint density at radius 3 is 2.61 bits per heavy atom. The first-order valence-electron chi connectivity index (χ1n) is 5.76. The monoisotopic (exact) mass is 279 g/mol. The maximum Gasteiger partial charge on any atom is 0.224 e. The summed E-state index contributed by atoms with van der Waals surface area (Å²) < 4.78 is 0. The highest BCUT2D eigenvalue weighted by Gasteiger charge is 2.03. The number of rotatable bonds is 5. The van der Waals surface area contributed by atoms with Crippen LogP contribution in [0.2, 0.25) is 5.02 Å². The van der Waals surface area contributed by atoms with E-state index in [0.29, 0.717) is 13.0 Å². The van der Waals surface area contributed by atoms with E-state index in [1.165, 1.54) is 5.56 Å². The maximum atomic E-state index is 11.6. The highest BCUT2D eigenvalue weighted by atomic mass is 35.5. The second kappa shape index (κ2) is 6.57. The van der Waals surface area contributed by atoms with Gasteiger partial charge in [0, 0.05) is 11.6 Å². The highest BCUT2D eigenvalue weighted by molar-refractivity contribution is 7.07. The normalized spacial score (nSPS) is 10.3. The molecule has 0 atom stereocenters. The SMILES string of the molecule is O=C(Cc1ccsc1)NCCc1ccc(Cl)cc1. The molecule has 0 aliphatic carbocycles. The molecule has 2 nitrogen and oxygen atoms in total. The van der Waals surface area contributed by atoms with Crippen LogP contribution in [0.4, 0.5) is 0 Å². The molecule has 1 N–H and O–H groups in total. The van der Waals surface area contributed by atoms with Gasteiger partial charge < -0.3 is 5.32 Å². The predicted octanol–water partition coefficient (Wildman–Crippen LogP) is 3.30. The number of benzene rings is 1. The van der Waals surface area contributed by atoms with E-state index >= 15 is 0 Å². The first kappa shape index (κ1) is 13.1. The van der Waals surface area contributed by atoms with Gasteiger partial charge in [-0.05, 0) is 46.5 Å². The zero-order chi connectivity index (χ0) is 12.8. The fourth-order valence-electron chi connectivity index (χ4n) is 1.64. The average Bonchev–Trinajstić information content (AvgIpc) is 2.84. The van der Waals surface area contributed by atoms with Gasteiger partial charge in [0.1, 0.15) is 0 Å². The summed E-state index contributed by atoms with van der Waals surface area (Å²) in [5.41, 5.74) is 2.25. The van der Waals surface area contributed by atoms with Gasteiger partial charge in [0.2, 0.25) is 5.91 Å². The van der Waals surface area contributed by atoms with Crippen LogP contribution in [0.1, 0.15) is 11.1 Å². The molecule has 18 heavy (non-hydrogen) atoms. The van der Waals surface area contributed by atoms with E-state index in [9.17, 15) is 4.79 Å². The van der Waals surface area contributed by atoms with Crippen LogP contribution < -0.4 is 5.32 Å². The van der Waals surface area contributed by atoms with Crippen molar-refractivity contribution in [3.63, 3.8) is 0 Å². The number of carbonyl (C=O) groups is 1. The standard InChI is InChI=1S/C14H14ClNOS/c15-13-3-1-11(2-4-13)5-7-16-14(17)9-12-6-8-18-10-12/h1-4,6,8,10H,5,7,9H2,(H,16,17). The molecule has 94 valence electrons. The largest absolute Gasteiger partial charge is 0.355 e. The molecule has 0 unspecified atom stereocenters. The first-order valence-corrected chi connectivity index (χ1v) is 7.08. The quantitative estimate of drug-likeness (QED) is 0.894. The first-order chi connectivity index (χ1) is 8.74. The zero-order valence-electron chi connectivity index (χ0n) is 9.86. The molecule has 2 rings (SSSR count). The molecular weight excluding hydrogens is 266 g/mol. The smallest absolute Gasteiger partial charge is 0.224 e. The molecule has 0 radical (unpaired) electrons. The lowest BCUT2D eigenvalue weighted by Crippen LogP contribution is -2.27. The number of halogens is 1. The molecular formula is C14H14ClNOS. The van der Waals surface area contributed by atoms with Gasteiger partial charge in [0.15, 0.2) is 0 Å². The van der Waals surface area contributed by atoms with Crippen LogP contribution in [0, 0.1) is 0 Å². The van der Waals surface area contributed by atoms with Crippen molar-refractivity contribution in [1.29, 1.82) is 0 Å². The van der Waals surface area contributed by atoms with Gasteiger partial charge in [-0.1, -0.05) is 23.7 Å². The van der Waals surface area contributed by atoms with Gasteiger partial charge in [0.25, 0.3) is 0 Å². The number of amides is 1. The zero-order valence-corrected chi connectivity index (χ0v) is 11.4. The Morgan fingerprint density at radius 1 is 1.17 bits per heavy atom. The third-order valence-electron chi connectivity index (χ3n) is 2.59. The van der Waals surface area contributed by atoms with E-state index in [1.807, 2.05) is 41.1 Å². The summed E-state index contributed by atoms with van der Waals surface area (Å²) in [6.45, 7) is 0.657. The summed E-state index contributed by atoms with van der Waals surface area (Å²) in [6, 6.07) is 9.66. The molecule has 0 saturated carbocycles. The molecule has 0 saturated heterocycles. The van der Waals surface area contributed by atoms with E-state index in [2.05, 4.69) is 5.32 Å². The number of hydrogen-bond donors (Lipinski definition) is 1. The van der Waals surface area contributed by atoms with E-state index in [-0.39, 0.29) is 5.91 Å². The van der Waals surface area contributed by atoms with Crippen molar-refractivity contribution in [3.05, 3.63) is 57.2 Å². The maximum absolute atomic E-state index is 11.6. The van der Waals surface area contributed by atoms with E-state index in [4.69, 9.17) is 11.6 Å². The minimum absolute atomic E-state index is 0.0716. The summed E-state index contributed by atoms with van der Waals surface area (Å²) in [4.78, 5) is 11.6. The van der Waals surface area contributed by atoms with Crippen molar-refractivity contribution in [2.75, 3.05) is 6.54 Å². The lowest BCUT2D eigenvalue weighted by atomic mass is 10.1. The van der Waals surface area contributed by atoms with Gasteiger partial charge in [-0.3, -0.25) is 4.79 Å². The van der Waals surface area contributed by atoms with Crippen molar-refractivity contribution in [2.24, 2.45) is 0 Å². The molecule has 1 heterocycles. The van der Waals surface area contributed by atoms with Gasteiger partial charge in [-0.25, -0.2) is 0 Å². The fourth-order valence-corrected chi connectivity index (χ4v) is 2.43. The molecule has 0 spiro atoms. The Labute approximate surface area is 116 Å². The summed E-state index contributed by atoms with van der Waals surface area (Å²) in [7, 11) is 0. The van der Waals surface area contributed by atoms with Crippen LogP contribution in [0.3, 0.4) is 0 Å². The average molecular weight is 280 g/mol. The number of hydrogen-bond acceptors (Lipinski definition) is 2. The van der Waals surface area contributed by atoms with Gasteiger partial charge in [-0.15, -0.1) is 0 Å². The summed E-state index contributed by atoms with van der Waals surface area (Å²) >= 11 is 7.42. The van der Waals surface area contributed by atoms with Crippen molar-refractivity contribution in [3.8, 4) is 0 Å². The second-order valence-corrected chi connectivity index (χ2v) is 5.25. The molecule has 0 aliphatic heterocycles. The van der Waals surface area contributed by atoms with Crippen LogP contribution in [0.25, 0.3) is 0 Å². The molecule has 2 aromatic rings. The summed E-state index contributed by atoms with van der Waals surface area (Å²) in [5, 5.41) is 7.63. The second-order valence-electron chi connectivity index (χ2n) is 4.03. The minimum atomic E-state index is 0.0716. The molecule has 1 amide bonds. The summed E-state index contributed by atoms with van der Waals surface area (Å²) in [6.07, 6.45) is 1.29. The molecule has 1 aromatic heterocycles. The lowest BCUT2D eigenvalue weighted by Gasteiger charge is -2.04. The van der Waals surface area contributed by atoms with Crippen LogP contribution in [-0.4, -0.2) is 12.5 Å².